The zero-order chi connectivity index (χ0) is 10.7. The summed E-state index contributed by atoms with van der Waals surface area (Å²) in [4.78, 5) is 0. The smallest absolute Gasteiger partial charge is 0.134 e. The number of rotatable bonds is 4. The predicted octanol–water partition coefficient (Wildman–Crippen LogP) is 2.29. The normalized spacial score (nSPS) is 11.0. The molecule has 0 atom stereocenters. The molecule has 0 amide bonds. The van der Waals surface area contributed by atoms with E-state index in [1.54, 1.807) is 18.2 Å². The molecule has 0 saturated heterocycles. The Hall–Kier alpha value is -1.48. The Bertz CT molecular complexity index is 448. The van der Waals surface area contributed by atoms with E-state index in [4.69, 9.17) is 4.42 Å². The van der Waals surface area contributed by atoms with Crippen LogP contribution < -0.4 is 5.32 Å². The monoisotopic (exact) mass is 205 g/mol. The van der Waals surface area contributed by atoms with Crippen molar-refractivity contribution in [2.45, 2.75) is 12.8 Å². The maximum atomic E-state index is 9.30. The van der Waals surface area contributed by atoms with Gasteiger partial charge in [0.15, 0.2) is 0 Å². The van der Waals surface area contributed by atoms with Gasteiger partial charge in [-0.05, 0) is 44.3 Å². The summed E-state index contributed by atoms with van der Waals surface area (Å²) < 4.78 is 5.63. The van der Waals surface area contributed by atoms with Crippen molar-refractivity contribution in [1.29, 1.82) is 0 Å². The Morgan fingerprint density at radius 1 is 1.33 bits per heavy atom. The fraction of sp³-hybridized carbons (Fsp3) is 0.333. The molecule has 0 aliphatic rings. The van der Waals surface area contributed by atoms with Crippen molar-refractivity contribution in [2.24, 2.45) is 0 Å². The quantitative estimate of drug-likeness (QED) is 0.753. The number of hydrogen-bond donors (Lipinski definition) is 2. The van der Waals surface area contributed by atoms with Crippen LogP contribution in [0.2, 0.25) is 0 Å². The highest BCUT2D eigenvalue weighted by molar-refractivity contribution is 5.79. The third-order valence-corrected chi connectivity index (χ3v) is 2.40. The molecule has 80 valence electrons. The van der Waals surface area contributed by atoms with Crippen LogP contribution in [0.25, 0.3) is 11.0 Å². The largest absolute Gasteiger partial charge is 0.508 e. The summed E-state index contributed by atoms with van der Waals surface area (Å²) in [6.45, 7) is 0.988. The molecule has 1 aromatic carbocycles. The number of nitrogens with one attached hydrogen (secondary N) is 1. The Labute approximate surface area is 88.7 Å². The van der Waals surface area contributed by atoms with Crippen molar-refractivity contribution in [3.05, 3.63) is 30.0 Å². The van der Waals surface area contributed by atoms with Gasteiger partial charge in [-0.1, -0.05) is 0 Å². The summed E-state index contributed by atoms with van der Waals surface area (Å²) in [5.74, 6) is 1.26. The lowest BCUT2D eigenvalue weighted by Gasteiger charge is -1.95. The van der Waals surface area contributed by atoms with Gasteiger partial charge in [0.25, 0.3) is 0 Å². The van der Waals surface area contributed by atoms with Crippen LogP contribution in [0.1, 0.15) is 12.2 Å². The third kappa shape index (κ3) is 2.30. The summed E-state index contributed by atoms with van der Waals surface area (Å²) in [5.41, 5.74) is 0.840. The Morgan fingerprint density at radius 2 is 2.20 bits per heavy atom. The summed E-state index contributed by atoms with van der Waals surface area (Å²) >= 11 is 0. The van der Waals surface area contributed by atoms with Gasteiger partial charge in [0.05, 0.1) is 0 Å². The molecular weight excluding hydrogens is 190 g/mol. The van der Waals surface area contributed by atoms with Crippen molar-refractivity contribution < 1.29 is 9.52 Å². The fourth-order valence-electron chi connectivity index (χ4n) is 1.65. The predicted molar refractivity (Wildman–Crippen MR) is 60.1 cm³/mol. The standard InChI is InChI=1S/C12H15NO2/c1-13-6-2-3-11-8-9-7-10(14)4-5-12(9)15-11/h4-5,7-8,13-14H,2-3,6H2,1H3. The van der Waals surface area contributed by atoms with Gasteiger partial charge in [-0.2, -0.15) is 0 Å². The molecule has 2 rings (SSSR count). The van der Waals surface area contributed by atoms with Gasteiger partial charge in [0.1, 0.15) is 17.1 Å². The van der Waals surface area contributed by atoms with Gasteiger partial charge in [-0.3, -0.25) is 0 Å². The topological polar surface area (TPSA) is 45.4 Å². The highest BCUT2D eigenvalue weighted by Gasteiger charge is 2.03. The highest BCUT2D eigenvalue weighted by atomic mass is 16.3. The first-order chi connectivity index (χ1) is 7.29. The van der Waals surface area contributed by atoms with E-state index in [2.05, 4.69) is 5.32 Å². The van der Waals surface area contributed by atoms with Gasteiger partial charge >= 0.3 is 0 Å². The first-order valence-electron chi connectivity index (χ1n) is 5.15. The molecular formula is C12H15NO2. The molecule has 0 unspecified atom stereocenters. The molecule has 3 nitrogen and oxygen atoms in total. The third-order valence-electron chi connectivity index (χ3n) is 2.40. The molecule has 1 aromatic heterocycles. The second kappa shape index (κ2) is 4.36. The van der Waals surface area contributed by atoms with Gasteiger partial charge in [-0.15, -0.1) is 0 Å². The van der Waals surface area contributed by atoms with E-state index in [0.29, 0.717) is 0 Å². The van der Waals surface area contributed by atoms with Crippen LogP contribution in [0.15, 0.2) is 28.7 Å². The van der Waals surface area contributed by atoms with E-state index in [1.807, 2.05) is 13.1 Å². The molecule has 0 bridgehead atoms. The number of aryl methyl sites for hydroxylation is 1. The lowest BCUT2D eigenvalue weighted by atomic mass is 10.2. The van der Waals surface area contributed by atoms with Crippen molar-refractivity contribution in [3.63, 3.8) is 0 Å². The molecule has 15 heavy (non-hydrogen) atoms. The van der Waals surface area contributed by atoms with Crippen LogP contribution in [0.3, 0.4) is 0 Å². The first kappa shape index (κ1) is 10.1. The van der Waals surface area contributed by atoms with Crippen molar-refractivity contribution >= 4 is 11.0 Å². The lowest BCUT2D eigenvalue weighted by molar-refractivity contribution is 0.475. The molecule has 0 spiro atoms. The molecule has 2 N–H and O–H groups in total. The van der Waals surface area contributed by atoms with Crippen LogP contribution in [-0.4, -0.2) is 18.7 Å². The van der Waals surface area contributed by atoms with Crippen molar-refractivity contribution in [1.82, 2.24) is 5.32 Å². The van der Waals surface area contributed by atoms with E-state index >= 15 is 0 Å². The van der Waals surface area contributed by atoms with Crippen LogP contribution in [0.5, 0.6) is 5.75 Å². The molecule has 0 aliphatic heterocycles. The molecule has 0 saturated carbocycles. The molecule has 2 aromatic rings. The zero-order valence-electron chi connectivity index (χ0n) is 8.79. The van der Waals surface area contributed by atoms with Crippen LogP contribution >= 0.6 is 0 Å². The van der Waals surface area contributed by atoms with Gasteiger partial charge in [-0.25, -0.2) is 0 Å². The van der Waals surface area contributed by atoms with Crippen molar-refractivity contribution in [3.8, 4) is 5.75 Å². The van der Waals surface area contributed by atoms with Gasteiger partial charge in [0.2, 0.25) is 0 Å². The Kier molecular flexibility index (Phi) is 2.92. The van der Waals surface area contributed by atoms with E-state index in [0.717, 1.165) is 36.1 Å². The molecule has 0 fully saturated rings. The highest BCUT2D eigenvalue weighted by Crippen LogP contribution is 2.23. The number of furan rings is 1. The number of aromatic hydroxyl groups is 1. The summed E-state index contributed by atoms with van der Waals surface area (Å²) in [6, 6.07) is 7.15. The molecule has 0 aliphatic carbocycles. The van der Waals surface area contributed by atoms with E-state index in [-0.39, 0.29) is 5.75 Å². The fourth-order valence-corrected chi connectivity index (χ4v) is 1.65. The SMILES string of the molecule is CNCCCc1cc2cc(O)ccc2o1. The minimum absolute atomic E-state index is 0.282. The van der Waals surface area contributed by atoms with Crippen LogP contribution in [0.4, 0.5) is 0 Å². The number of hydrogen-bond acceptors (Lipinski definition) is 3. The molecule has 1 heterocycles. The van der Waals surface area contributed by atoms with Gasteiger partial charge in [0, 0.05) is 11.8 Å². The minimum atomic E-state index is 0.282. The van der Waals surface area contributed by atoms with Crippen molar-refractivity contribution in [2.75, 3.05) is 13.6 Å². The average Bonchev–Trinajstić information content (AvgIpc) is 2.60. The summed E-state index contributed by atoms with van der Waals surface area (Å²) in [5, 5.41) is 13.4. The zero-order valence-corrected chi connectivity index (χ0v) is 8.79. The number of benzene rings is 1. The lowest BCUT2D eigenvalue weighted by Crippen LogP contribution is -2.07. The number of phenolic OH excluding ortho intramolecular Hbond substituents is 1. The Morgan fingerprint density at radius 3 is 3.00 bits per heavy atom. The van der Waals surface area contributed by atoms with E-state index in [1.165, 1.54) is 0 Å². The number of fused-ring (bicyclic) bond motifs is 1. The van der Waals surface area contributed by atoms with Gasteiger partial charge < -0.3 is 14.8 Å². The Balaban J connectivity index is 2.16. The van der Waals surface area contributed by atoms with Crippen LogP contribution in [-0.2, 0) is 6.42 Å². The van der Waals surface area contributed by atoms with E-state index in [9.17, 15) is 5.11 Å². The maximum Gasteiger partial charge on any atom is 0.134 e. The minimum Gasteiger partial charge on any atom is -0.508 e. The molecule has 3 heteroatoms. The second-order valence-corrected chi connectivity index (χ2v) is 3.64. The average molecular weight is 205 g/mol. The summed E-state index contributed by atoms with van der Waals surface area (Å²) in [6.07, 6.45) is 1.98. The maximum absolute atomic E-state index is 9.30. The number of phenols is 1. The molecule has 0 radical (unpaired) electrons. The second-order valence-electron chi connectivity index (χ2n) is 3.64. The van der Waals surface area contributed by atoms with Crippen LogP contribution in [0, 0.1) is 0 Å². The summed E-state index contributed by atoms with van der Waals surface area (Å²) in [7, 11) is 1.94. The first-order valence-corrected chi connectivity index (χ1v) is 5.15. The van der Waals surface area contributed by atoms with E-state index < -0.39 is 0 Å².